The maximum Gasteiger partial charge on any atom is 0.411 e. The smallest absolute Gasteiger partial charge is 0.411 e. The van der Waals surface area contributed by atoms with E-state index in [1.54, 1.807) is 24.3 Å². The van der Waals surface area contributed by atoms with Gasteiger partial charge in [-0.05, 0) is 43.3 Å². The Kier molecular flexibility index (Phi) is 4.94. The Morgan fingerprint density at radius 1 is 1.12 bits per heavy atom. The fourth-order valence-electron chi connectivity index (χ4n) is 2.14. The lowest BCUT2D eigenvalue weighted by atomic mass is 10.2. The average Bonchev–Trinajstić information content (AvgIpc) is 3.14. The monoisotopic (exact) mass is 339 g/mol. The minimum absolute atomic E-state index is 0.388. The Morgan fingerprint density at radius 3 is 2.52 bits per heavy atom. The summed E-state index contributed by atoms with van der Waals surface area (Å²) in [5, 5.41) is 6.54. The number of nitrogens with zero attached hydrogens (tertiary/aromatic N) is 2. The van der Waals surface area contributed by atoms with Crippen molar-refractivity contribution in [3.8, 4) is 17.2 Å². The first-order valence-corrected chi connectivity index (χ1v) is 7.66. The molecule has 1 atom stereocenters. The number of hydrogen-bond donors (Lipinski definition) is 1. The molecule has 7 nitrogen and oxygen atoms in total. The number of benzene rings is 2. The molecule has 0 saturated carbocycles. The number of aromatic nitrogens is 2. The number of rotatable bonds is 5. The third-order valence-corrected chi connectivity index (χ3v) is 3.43. The fraction of sp³-hybridized carbons (Fsp3) is 0.167. The summed E-state index contributed by atoms with van der Waals surface area (Å²) in [5.41, 5.74) is 1.46. The van der Waals surface area contributed by atoms with E-state index >= 15 is 0 Å². The third-order valence-electron chi connectivity index (χ3n) is 3.43. The zero-order valence-electron chi connectivity index (χ0n) is 13.8. The highest BCUT2D eigenvalue weighted by Crippen LogP contribution is 2.24. The van der Waals surface area contributed by atoms with Crippen LogP contribution in [-0.2, 0) is 4.74 Å². The van der Waals surface area contributed by atoms with E-state index in [9.17, 15) is 4.79 Å². The van der Waals surface area contributed by atoms with Crippen molar-refractivity contribution in [1.29, 1.82) is 0 Å². The molecule has 1 heterocycles. The summed E-state index contributed by atoms with van der Waals surface area (Å²) in [5.74, 6) is 1.52. The van der Waals surface area contributed by atoms with Crippen molar-refractivity contribution in [2.24, 2.45) is 0 Å². The van der Waals surface area contributed by atoms with Gasteiger partial charge in [0.1, 0.15) is 5.75 Å². The van der Waals surface area contributed by atoms with Crippen molar-refractivity contribution in [1.82, 2.24) is 10.1 Å². The SMILES string of the molecule is COC(=O)Nc1ccc(OC(C)c2noc(-c3ccccc3)n2)cc1. The molecule has 25 heavy (non-hydrogen) atoms. The topological polar surface area (TPSA) is 86.5 Å². The van der Waals surface area contributed by atoms with E-state index in [1.165, 1.54) is 7.11 Å². The van der Waals surface area contributed by atoms with Crippen molar-refractivity contribution < 1.29 is 18.8 Å². The van der Waals surface area contributed by atoms with Crippen LogP contribution in [-0.4, -0.2) is 23.3 Å². The Bertz CT molecular complexity index is 831. The van der Waals surface area contributed by atoms with Crippen molar-refractivity contribution >= 4 is 11.8 Å². The number of hydrogen-bond acceptors (Lipinski definition) is 6. The van der Waals surface area contributed by atoms with Gasteiger partial charge in [-0.15, -0.1) is 0 Å². The van der Waals surface area contributed by atoms with Crippen LogP contribution in [0.5, 0.6) is 5.75 Å². The number of ether oxygens (including phenoxy) is 2. The predicted molar refractivity (Wildman–Crippen MR) is 91.2 cm³/mol. The van der Waals surface area contributed by atoms with Crippen LogP contribution >= 0.6 is 0 Å². The van der Waals surface area contributed by atoms with Gasteiger partial charge < -0.3 is 14.0 Å². The molecule has 3 rings (SSSR count). The number of anilines is 1. The van der Waals surface area contributed by atoms with E-state index in [0.29, 0.717) is 23.2 Å². The standard InChI is InChI=1S/C18H17N3O4/c1-12(16-20-17(25-21-16)13-6-4-3-5-7-13)24-15-10-8-14(9-11-15)19-18(22)23-2/h3-12H,1-2H3,(H,19,22). The largest absolute Gasteiger partial charge is 0.483 e. The molecule has 0 aliphatic carbocycles. The molecule has 3 aromatic rings. The molecular weight excluding hydrogens is 322 g/mol. The first kappa shape index (κ1) is 16.5. The summed E-state index contributed by atoms with van der Waals surface area (Å²) in [6, 6.07) is 16.4. The second-order valence-corrected chi connectivity index (χ2v) is 5.22. The van der Waals surface area contributed by atoms with Crippen molar-refractivity contribution in [2.45, 2.75) is 13.0 Å². The first-order valence-electron chi connectivity index (χ1n) is 7.66. The normalized spacial score (nSPS) is 11.6. The zero-order chi connectivity index (χ0) is 17.6. The molecule has 0 aliphatic heterocycles. The maximum absolute atomic E-state index is 11.2. The minimum Gasteiger partial charge on any atom is -0.483 e. The summed E-state index contributed by atoms with van der Waals surface area (Å²) in [6.07, 6.45) is -0.914. The number of amides is 1. The van der Waals surface area contributed by atoms with E-state index in [4.69, 9.17) is 9.26 Å². The molecule has 1 amide bonds. The molecule has 0 spiro atoms. The Hall–Kier alpha value is -3.35. The Morgan fingerprint density at radius 2 is 1.84 bits per heavy atom. The van der Waals surface area contributed by atoms with E-state index in [2.05, 4.69) is 20.2 Å². The molecule has 0 fully saturated rings. The highest BCUT2D eigenvalue weighted by atomic mass is 16.5. The van der Waals surface area contributed by atoms with Crippen molar-refractivity contribution in [3.63, 3.8) is 0 Å². The van der Waals surface area contributed by atoms with Crippen LogP contribution in [0.4, 0.5) is 10.5 Å². The minimum atomic E-state index is -0.526. The average molecular weight is 339 g/mol. The van der Waals surface area contributed by atoms with Gasteiger partial charge in [0.15, 0.2) is 6.10 Å². The van der Waals surface area contributed by atoms with Crippen LogP contribution in [0.1, 0.15) is 18.9 Å². The van der Waals surface area contributed by atoms with Gasteiger partial charge in [0.2, 0.25) is 5.82 Å². The van der Waals surface area contributed by atoms with Gasteiger partial charge in [-0.25, -0.2) is 4.79 Å². The van der Waals surface area contributed by atoms with E-state index < -0.39 is 6.09 Å². The van der Waals surface area contributed by atoms with E-state index in [0.717, 1.165) is 5.56 Å². The first-order chi connectivity index (χ1) is 12.2. The van der Waals surface area contributed by atoms with Gasteiger partial charge in [-0.2, -0.15) is 4.98 Å². The number of carbonyl (C=O) groups is 1. The van der Waals surface area contributed by atoms with Crippen LogP contribution in [0.2, 0.25) is 0 Å². The summed E-state index contributed by atoms with van der Waals surface area (Å²) < 4.78 is 15.6. The third kappa shape index (κ3) is 4.14. The molecule has 2 aromatic carbocycles. The van der Waals surface area contributed by atoms with Gasteiger partial charge >= 0.3 is 6.09 Å². The van der Waals surface area contributed by atoms with Crippen LogP contribution in [0.15, 0.2) is 59.1 Å². The Labute approximate surface area is 144 Å². The number of methoxy groups -OCH3 is 1. The molecule has 0 radical (unpaired) electrons. The van der Waals surface area contributed by atoms with E-state index in [-0.39, 0.29) is 6.10 Å². The lowest BCUT2D eigenvalue weighted by Crippen LogP contribution is -2.10. The highest BCUT2D eigenvalue weighted by Gasteiger charge is 2.16. The quantitative estimate of drug-likeness (QED) is 0.754. The number of nitrogens with one attached hydrogen (secondary N) is 1. The summed E-state index contributed by atoms with van der Waals surface area (Å²) in [4.78, 5) is 15.5. The van der Waals surface area contributed by atoms with E-state index in [1.807, 2.05) is 37.3 Å². The Balaban J connectivity index is 1.65. The molecule has 1 aromatic heterocycles. The molecule has 128 valence electrons. The van der Waals surface area contributed by atoms with Crippen molar-refractivity contribution in [3.05, 3.63) is 60.4 Å². The predicted octanol–water partition coefficient (Wildman–Crippen LogP) is 4.05. The molecule has 1 unspecified atom stereocenters. The number of carbonyl (C=O) groups excluding carboxylic acids is 1. The molecule has 0 bridgehead atoms. The molecule has 1 N–H and O–H groups in total. The summed E-state index contributed by atoms with van der Waals surface area (Å²) >= 11 is 0. The maximum atomic E-state index is 11.2. The summed E-state index contributed by atoms with van der Waals surface area (Å²) in [7, 11) is 1.31. The van der Waals surface area contributed by atoms with Gasteiger partial charge in [-0.3, -0.25) is 5.32 Å². The van der Waals surface area contributed by atoms with Crippen molar-refractivity contribution in [2.75, 3.05) is 12.4 Å². The van der Waals surface area contributed by atoms with Crippen LogP contribution in [0, 0.1) is 0 Å². The van der Waals surface area contributed by atoms with Crippen LogP contribution in [0.25, 0.3) is 11.5 Å². The summed E-state index contributed by atoms with van der Waals surface area (Å²) in [6.45, 7) is 1.83. The van der Waals surface area contributed by atoms with Gasteiger partial charge in [0, 0.05) is 11.3 Å². The second kappa shape index (κ2) is 7.48. The highest BCUT2D eigenvalue weighted by molar-refractivity contribution is 5.84. The van der Waals surface area contributed by atoms with Gasteiger partial charge in [0.05, 0.1) is 7.11 Å². The molecule has 0 saturated heterocycles. The fourth-order valence-corrected chi connectivity index (χ4v) is 2.14. The van der Waals surface area contributed by atoms with Gasteiger partial charge in [-0.1, -0.05) is 23.4 Å². The van der Waals surface area contributed by atoms with Gasteiger partial charge in [0.25, 0.3) is 5.89 Å². The van der Waals surface area contributed by atoms with Crippen LogP contribution < -0.4 is 10.1 Å². The lowest BCUT2D eigenvalue weighted by Gasteiger charge is -2.11. The molecule has 7 heteroatoms. The molecular formula is C18H17N3O4. The zero-order valence-corrected chi connectivity index (χ0v) is 13.8. The lowest BCUT2D eigenvalue weighted by molar-refractivity contribution is 0.187. The van der Waals surface area contributed by atoms with Crippen LogP contribution in [0.3, 0.4) is 0 Å². The second-order valence-electron chi connectivity index (χ2n) is 5.22. The molecule has 0 aliphatic rings.